The number of halogens is 6. The van der Waals surface area contributed by atoms with E-state index in [2.05, 4.69) is 10.2 Å². The van der Waals surface area contributed by atoms with Crippen molar-refractivity contribution in [3.63, 3.8) is 0 Å². The van der Waals surface area contributed by atoms with Gasteiger partial charge in [-0.25, -0.2) is 0 Å². The van der Waals surface area contributed by atoms with E-state index in [1.807, 2.05) is 12.2 Å². The van der Waals surface area contributed by atoms with Crippen LogP contribution in [0.25, 0.3) is 10.9 Å². The minimum Gasteiger partial charge on any atom is -0.353 e. The van der Waals surface area contributed by atoms with E-state index >= 15 is 0 Å². The maximum absolute atomic E-state index is 13.7. The number of aromatic nitrogens is 2. The molecule has 0 saturated heterocycles. The minimum atomic E-state index is -5.03. The molecule has 3 rings (SSSR count). The second kappa shape index (κ2) is 7.99. The van der Waals surface area contributed by atoms with Crippen LogP contribution in [0.3, 0.4) is 0 Å². The van der Waals surface area contributed by atoms with Gasteiger partial charge in [0.05, 0.1) is 34.7 Å². The Hall–Kier alpha value is -3.47. The van der Waals surface area contributed by atoms with E-state index < -0.39 is 48.1 Å². The van der Waals surface area contributed by atoms with E-state index in [9.17, 15) is 36.9 Å². The number of H-pyrrole nitrogens is 1. The molecule has 0 spiro atoms. The molecule has 2 N–H and O–H groups in total. The molecule has 2 heterocycles. The van der Waals surface area contributed by atoms with Crippen LogP contribution < -0.4 is 5.32 Å². The van der Waals surface area contributed by atoms with Crippen LogP contribution in [0.4, 0.5) is 26.3 Å². The zero-order valence-corrected chi connectivity index (χ0v) is 16.0. The van der Waals surface area contributed by atoms with E-state index in [0.29, 0.717) is 23.0 Å². The summed E-state index contributed by atoms with van der Waals surface area (Å²) in [6.45, 7) is 1.84. The molecule has 1 aliphatic heterocycles. The highest BCUT2D eigenvalue weighted by Gasteiger charge is 2.44. The summed E-state index contributed by atoms with van der Waals surface area (Å²) in [5, 5.41) is 28.5. The van der Waals surface area contributed by atoms with Gasteiger partial charge in [0.2, 0.25) is 0 Å². The fraction of sp³-hybridized carbons (Fsp3) is 0.350. The van der Waals surface area contributed by atoms with Gasteiger partial charge in [-0.05, 0) is 30.5 Å². The first-order valence-corrected chi connectivity index (χ1v) is 9.15. The SMILES string of the molecule is CCc1[nH]nc2ccc(C3C(C#N)=C(CCC(F)(F)F)NC(C(F)(F)F)=C3C#N)cc12. The van der Waals surface area contributed by atoms with Crippen LogP contribution in [0, 0.1) is 22.7 Å². The summed E-state index contributed by atoms with van der Waals surface area (Å²) < 4.78 is 79.1. The van der Waals surface area contributed by atoms with Crippen LogP contribution in [0.5, 0.6) is 0 Å². The normalized spacial score (nSPS) is 17.5. The number of hydrogen-bond acceptors (Lipinski definition) is 4. The molecule has 1 unspecified atom stereocenters. The molecule has 2 aromatic rings. The van der Waals surface area contributed by atoms with Crippen LogP contribution in [0.1, 0.15) is 36.9 Å². The molecule has 1 aromatic carbocycles. The Morgan fingerprint density at radius 3 is 2.29 bits per heavy atom. The zero-order valence-electron chi connectivity index (χ0n) is 16.0. The van der Waals surface area contributed by atoms with Crippen molar-refractivity contribution < 1.29 is 26.3 Å². The molecule has 5 nitrogen and oxygen atoms in total. The third-order valence-corrected chi connectivity index (χ3v) is 4.97. The van der Waals surface area contributed by atoms with Crippen LogP contribution >= 0.6 is 0 Å². The van der Waals surface area contributed by atoms with Crippen molar-refractivity contribution in [2.24, 2.45) is 0 Å². The Balaban J connectivity index is 2.23. The summed E-state index contributed by atoms with van der Waals surface area (Å²) in [7, 11) is 0. The van der Waals surface area contributed by atoms with Crippen LogP contribution in [0.15, 0.2) is 40.7 Å². The van der Waals surface area contributed by atoms with Gasteiger partial charge >= 0.3 is 12.4 Å². The number of dihydropyridines is 1. The monoisotopic (exact) mass is 439 g/mol. The molecule has 0 fully saturated rings. The lowest BCUT2D eigenvalue weighted by Gasteiger charge is -2.30. The molecule has 0 saturated carbocycles. The van der Waals surface area contributed by atoms with Gasteiger partial charge in [-0.1, -0.05) is 13.0 Å². The largest absolute Gasteiger partial charge is 0.432 e. The van der Waals surface area contributed by atoms with Crippen molar-refractivity contribution in [3.8, 4) is 12.1 Å². The molecule has 1 aliphatic rings. The molecule has 0 amide bonds. The number of nitrogens with one attached hydrogen (secondary N) is 2. The number of nitriles is 2. The number of allylic oxidation sites excluding steroid dienone is 4. The molecule has 11 heteroatoms. The topological polar surface area (TPSA) is 88.3 Å². The Labute approximate surface area is 172 Å². The van der Waals surface area contributed by atoms with E-state index in [-0.39, 0.29) is 11.1 Å². The predicted molar refractivity (Wildman–Crippen MR) is 98.0 cm³/mol. The number of rotatable bonds is 4. The van der Waals surface area contributed by atoms with Gasteiger partial charge in [-0.15, -0.1) is 0 Å². The van der Waals surface area contributed by atoms with Gasteiger partial charge in [0.1, 0.15) is 5.70 Å². The summed E-state index contributed by atoms with van der Waals surface area (Å²) in [6.07, 6.45) is -11.4. The standard InChI is InChI=1S/C20H15F6N5/c1-2-14-11-7-10(3-4-16(11)31-30-14)17-12(8-27)15(5-6-19(21,22)23)29-18(13(17)9-28)20(24,25)26/h3-4,7,17,29H,2,5-6H2,1H3,(H,30,31). The maximum atomic E-state index is 13.7. The summed E-state index contributed by atoms with van der Waals surface area (Å²) in [6, 6.07) is 7.68. The first-order chi connectivity index (χ1) is 14.5. The van der Waals surface area contributed by atoms with Gasteiger partial charge in [0.15, 0.2) is 0 Å². The van der Waals surface area contributed by atoms with Gasteiger partial charge in [-0.2, -0.15) is 42.0 Å². The lowest BCUT2D eigenvalue weighted by molar-refractivity contribution is -0.134. The van der Waals surface area contributed by atoms with Crippen LogP contribution in [-0.2, 0) is 6.42 Å². The summed E-state index contributed by atoms with van der Waals surface area (Å²) >= 11 is 0. The smallest absolute Gasteiger partial charge is 0.353 e. The Kier molecular flexibility index (Phi) is 5.72. The van der Waals surface area contributed by atoms with E-state index in [1.54, 1.807) is 6.07 Å². The summed E-state index contributed by atoms with van der Waals surface area (Å²) in [5.41, 5.74) is -1.67. The molecule has 31 heavy (non-hydrogen) atoms. The van der Waals surface area contributed by atoms with E-state index in [4.69, 9.17) is 0 Å². The van der Waals surface area contributed by atoms with Crippen LogP contribution in [-0.4, -0.2) is 22.5 Å². The number of fused-ring (bicyclic) bond motifs is 1. The third kappa shape index (κ3) is 4.36. The highest BCUT2D eigenvalue weighted by molar-refractivity contribution is 5.82. The van der Waals surface area contributed by atoms with Crippen molar-refractivity contribution >= 4 is 10.9 Å². The first-order valence-electron chi connectivity index (χ1n) is 9.15. The van der Waals surface area contributed by atoms with E-state index in [0.717, 1.165) is 0 Å². The number of nitrogens with zero attached hydrogens (tertiary/aromatic N) is 3. The average Bonchev–Trinajstić information content (AvgIpc) is 3.11. The highest BCUT2D eigenvalue weighted by atomic mass is 19.4. The molecule has 1 atom stereocenters. The van der Waals surface area contributed by atoms with Crippen molar-refractivity contribution in [1.29, 1.82) is 10.5 Å². The van der Waals surface area contributed by atoms with Crippen molar-refractivity contribution in [2.45, 2.75) is 44.5 Å². The van der Waals surface area contributed by atoms with Crippen LogP contribution in [0.2, 0.25) is 0 Å². The Morgan fingerprint density at radius 2 is 1.74 bits per heavy atom. The molecule has 0 bridgehead atoms. The van der Waals surface area contributed by atoms with Gasteiger partial charge < -0.3 is 5.32 Å². The fourth-order valence-corrected chi connectivity index (χ4v) is 3.55. The van der Waals surface area contributed by atoms with Crippen molar-refractivity contribution in [1.82, 2.24) is 15.5 Å². The highest BCUT2D eigenvalue weighted by Crippen LogP contribution is 2.43. The van der Waals surface area contributed by atoms with Crippen molar-refractivity contribution in [2.75, 3.05) is 0 Å². The maximum Gasteiger partial charge on any atom is 0.432 e. The summed E-state index contributed by atoms with van der Waals surface area (Å²) in [4.78, 5) is 0. The summed E-state index contributed by atoms with van der Waals surface area (Å²) in [5.74, 6) is -1.46. The molecule has 0 aliphatic carbocycles. The van der Waals surface area contributed by atoms with Crippen molar-refractivity contribution in [3.05, 3.63) is 52.0 Å². The predicted octanol–water partition coefficient (Wildman–Crippen LogP) is 5.27. The minimum absolute atomic E-state index is 0.185. The Morgan fingerprint density at radius 1 is 1.06 bits per heavy atom. The molecule has 1 aromatic heterocycles. The average molecular weight is 439 g/mol. The third-order valence-electron chi connectivity index (χ3n) is 4.97. The van der Waals surface area contributed by atoms with Gasteiger partial charge in [0, 0.05) is 23.2 Å². The Bertz CT molecular complexity index is 1150. The quantitative estimate of drug-likeness (QED) is 0.635. The number of benzene rings is 1. The number of alkyl halides is 6. The molecule has 162 valence electrons. The molecular formula is C20H15F6N5. The second-order valence-corrected chi connectivity index (χ2v) is 6.91. The van der Waals surface area contributed by atoms with Gasteiger partial charge in [-0.3, -0.25) is 5.10 Å². The molecule has 0 radical (unpaired) electrons. The second-order valence-electron chi connectivity index (χ2n) is 6.91. The zero-order chi connectivity index (χ0) is 23.0. The van der Waals surface area contributed by atoms with E-state index in [1.165, 1.54) is 24.3 Å². The first kappa shape index (κ1) is 22.2. The molecular weight excluding hydrogens is 424 g/mol. The number of aromatic amines is 1. The number of hydrogen-bond donors (Lipinski definition) is 2. The fourth-order valence-electron chi connectivity index (χ4n) is 3.55. The lowest BCUT2D eigenvalue weighted by Crippen LogP contribution is -2.34. The number of aryl methyl sites for hydroxylation is 1. The van der Waals surface area contributed by atoms with Gasteiger partial charge in [0.25, 0.3) is 0 Å². The lowest BCUT2D eigenvalue weighted by atomic mass is 9.80.